The van der Waals surface area contributed by atoms with E-state index in [1.165, 1.54) is 5.69 Å². The first-order chi connectivity index (χ1) is 13.2. The third-order valence-corrected chi connectivity index (χ3v) is 4.77. The van der Waals surface area contributed by atoms with Gasteiger partial charge in [-0.1, -0.05) is 24.3 Å². The number of aliphatic hydroxyl groups excluding tert-OH is 1. The van der Waals surface area contributed by atoms with Crippen molar-refractivity contribution in [3.63, 3.8) is 0 Å². The highest BCUT2D eigenvalue weighted by Gasteiger charge is 2.20. The number of β-amino-alcohol motifs (C(OH)–C–C–N with tert-alkyl or cyclic N) is 1. The molecule has 0 unspecified atom stereocenters. The number of nitrogens with zero attached hydrogens (tertiary/aromatic N) is 2. The van der Waals surface area contributed by atoms with Gasteiger partial charge in [0.25, 0.3) is 0 Å². The Morgan fingerprint density at radius 1 is 0.889 bits per heavy atom. The molecule has 6 nitrogen and oxygen atoms in total. The largest absolute Gasteiger partial charge is 0.493 e. The van der Waals surface area contributed by atoms with Gasteiger partial charge in [0.15, 0.2) is 11.5 Å². The summed E-state index contributed by atoms with van der Waals surface area (Å²) in [6.45, 7) is 4.53. The maximum atomic E-state index is 10.4. The van der Waals surface area contributed by atoms with Crippen molar-refractivity contribution in [3.05, 3.63) is 48.5 Å². The first-order valence-corrected chi connectivity index (χ1v) is 9.25. The molecule has 6 heteroatoms. The second-order valence-corrected chi connectivity index (χ2v) is 6.58. The lowest BCUT2D eigenvalue weighted by molar-refractivity contribution is 0.0643. The molecule has 1 atom stereocenters. The van der Waals surface area contributed by atoms with Crippen molar-refractivity contribution in [3.8, 4) is 17.2 Å². The fourth-order valence-corrected chi connectivity index (χ4v) is 3.32. The second-order valence-electron chi connectivity index (χ2n) is 6.58. The van der Waals surface area contributed by atoms with Crippen molar-refractivity contribution in [2.75, 3.05) is 58.5 Å². The molecule has 1 fully saturated rings. The average molecular weight is 372 g/mol. The molecule has 0 bridgehead atoms. The van der Waals surface area contributed by atoms with Crippen molar-refractivity contribution in [1.82, 2.24) is 4.90 Å². The van der Waals surface area contributed by atoms with Crippen molar-refractivity contribution in [2.24, 2.45) is 0 Å². The van der Waals surface area contributed by atoms with Crippen LogP contribution >= 0.6 is 0 Å². The molecular weight excluding hydrogens is 344 g/mol. The highest BCUT2D eigenvalue weighted by Crippen LogP contribution is 2.36. The first kappa shape index (κ1) is 19.3. The minimum absolute atomic E-state index is 0.190. The molecule has 0 radical (unpaired) electrons. The summed E-state index contributed by atoms with van der Waals surface area (Å²) in [5.41, 5.74) is 1.25. The molecule has 27 heavy (non-hydrogen) atoms. The van der Waals surface area contributed by atoms with Crippen LogP contribution in [0.5, 0.6) is 17.2 Å². The van der Waals surface area contributed by atoms with Crippen LogP contribution in [0.15, 0.2) is 48.5 Å². The highest BCUT2D eigenvalue weighted by atomic mass is 16.5. The molecule has 1 saturated heterocycles. The summed E-state index contributed by atoms with van der Waals surface area (Å²) < 4.78 is 16.4. The third-order valence-electron chi connectivity index (χ3n) is 4.77. The number of benzene rings is 2. The smallest absolute Gasteiger partial charge is 0.203 e. The van der Waals surface area contributed by atoms with E-state index >= 15 is 0 Å². The van der Waals surface area contributed by atoms with E-state index in [2.05, 4.69) is 34.1 Å². The molecule has 0 spiro atoms. The number of rotatable bonds is 8. The predicted octanol–water partition coefficient (Wildman–Crippen LogP) is 2.27. The lowest BCUT2D eigenvalue weighted by Crippen LogP contribution is -2.49. The summed E-state index contributed by atoms with van der Waals surface area (Å²) in [6.07, 6.45) is -0.581. The Kier molecular flexibility index (Phi) is 6.79. The van der Waals surface area contributed by atoms with Gasteiger partial charge in [0.2, 0.25) is 5.75 Å². The van der Waals surface area contributed by atoms with Gasteiger partial charge in [-0.3, -0.25) is 4.90 Å². The van der Waals surface area contributed by atoms with Crippen LogP contribution in [0.3, 0.4) is 0 Å². The summed E-state index contributed by atoms with van der Waals surface area (Å²) in [6, 6.07) is 15.9. The molecule has 146 valence electrons. The van der Waals surface area contributed by atoms with Crippen molar-refractivity contribution >= 4 is 5.69 Å². The average Bonchev–Trinajstić information content (AvgIpc) is 2.73. The molecule has 0 amide bonds. The maximum absolute atomic E-state index is 10.4. The second kappa shape index (κ2) is 9.48. The minimum atomic E-state index is -0.581. The molecule has 1 heterocycles. The SMILES string of the molecule is COc1cccc(OC)c1OC[C@@H](O)CN1CCN(c2ccccc2)CC1. The summed E-state index contributed by atoms with van der Waals surface area (Å²) in [5, 5.41) is 10.4. The Bertz CT molecular complexity index is 680. The molecule has 2 aromatic rings. The van der Waals surface area contributed by atoms with E-state index in [9.17, 15) is 5.11 Å². The van der Waals surface area contributed by atoms with Crippen LogP contribution in [0.4, 0.5) is 5.69 Å². The third kappa shape index (κ3) is 5.05. The normalized spacial score (nSPS) is 16.0. The molecule has 3 rings (SSSR count). The Balaban J connectivity index is 1.47. The van der Waals surface area contributed by atoms with Crippen molar-refractivity contribution < 1.29 is 19.3 Å². The predicted molar refractivity (Wildman–Crippen MR) is 106 cm³/mol. The Morgan fingerprint density at radius 2 is 1.52 bits per heavy atom. The van der Waals surface area contributed by atoms with Gasteiger partial charge >= 0.3 is 0 Å². The number of anilines is 1. The van der Waals surface area contributed by atoms with Crippen LogP contribution in [0.2, 0.25) is 0 Å². The molecule has 0 saturated carbocycles. The van der Waals surface area contributed by atoms with Crippen LogP contribution in [0.25, 0.3) is 0 Å². The lowest BCUT2D eigenvalue weighted by atomic mass is 10.2. The van der Waals surface area contributed by atoms with Crippen molar-refractivity contribution in [1.29, 1.82) is 0 Å². The number of aliphatic hydroxyl groups is 1. The van der Waals surface area contributed by atoms with E-state index in [4.69, 9.17) is 14.2 Å². The summed E-state index contributed by atoms with van der Waals surface area (Å²) >= 11 is 0. The van der Waals surface area contributed by atoms with E-state index in [-0.39, 0.29) is 6.61 Å². The molecular formula is C21H28N2O4. The topological polar surface area (TPSA) is 54.4 Å². The fourth-order valence-electron chi connectivity index (χ4n) is 3.32. The highest BCUT2D eigenvalue weighted by molar-refractivity contribution is 5.51. The van der Waals surface area contributed by atoms with E-state index < -0.39 is 6.10 Å². The maximum Gasteiger partial charge on any atom is 0.203 e. The molecule has 1 aliphatic heterocycles. The summed E-state index contributed by atoms with van der Waals surface area (Å²) in [5.74, 6) is 1.71. The molecule has 0 aliphatic carbocycles. The summed E-state index contributed by atoms with van der Waals surface area (Å²) in [7, 11) is 3.18. The number of methoxy groups -OCH3 is 2. The van der Waals surface area contributed by atoms with Crippen LogP contribution in [-0.4, -0.2) is 69.7 Å². The zero-order chi connectivity index (χ0) is 19.1. The zero-order valence-electron chi connectivity index (χ0n) is 16.0. The first-order valence-electron chi connectivity index (χ1n) is 9.25. The molecule has 1 aliphatic rings. The standard InChI is InChI=1S/C21H28N2O4/c1-25-19-9-6-10-20(26-2)21(19)27-16-18(24)15-22-11-13-23(14-12-22)17-7-4-3-5-8-17/h3-10,18,24H,11-16H2,1-2H3/t18-/m0/s1. The van der Waals surface area contributed by atoms with Gasteiger partial charge in [0.1, 0.15) is 12.7 Å². The quantitative estimate of drug-likeness (QED) is 0.767. The Hall–Kier alpha value is -2.44. The minimum Gasteiger partial charge on any atom is -0.493 e. The Labute approximate surface area is 160 Å². The number of hydrogen-bond acceptors (Lipinski definition) is 6. The fraction of sp³-hybridized carbons (Fsp3) is 0.429. The summed E-state index contributed by atoms with van der Waals surface area (Å²) in [4.78, 5) is 4.64. The van der Waals surface area contributed by atoms with Gasteiger partial charge in [-0.25, -0.2) is 0 Å². The van der Waals surface area contributed by atoms with Gasteiger partial charge in [-0.05, 0) is 24.3 Å². The van der Waals surface area contributed by atoms with E-state index in [0.717, 1.165) is 26.2 Å². The zero-order valence-corrected chi connectivity index (χ0v) is 16.0. The van der Waals surface area contributed by atoms with Crippen LogP contribution in [-0.2, 0) is 0 Å². The van der Waals surface area contributed by atoms with E-state index in [1.54, 1.807) is 14.2 Å². The van der Waals surface area contributed by atoms with Gasteiger partial charge in [-0.15, -0.1) is 0 Å². The van der Waals surface area contributed by atoms with Gasteiger partial charge < -0.3 is 24.2 Å². The van der Waals surface area contributed by atoms with Gasteiger partial charge in [0, 0.05) is 38.4 Å². The van der Waals surface area contributed by atoms with E-state index in [1.807, 2.05) is 24.3 Å². The molecule has 0 aromatic heterocycles. The number of para-hydroxylation sites is 2. The van der Waals surface area contributed by atoms with Crippen LogP contribution < -0.4 is 19.1 Å². The Morgan fingerprint density at radius 3 is 2.11 bits per heavy atom. The van der Waals surface area contributed by atoms with E-state index in [0.29, 0.717) is 23.8 Å². The van der Waals surface area contributed by atoms with Crippen molar-refractivity contribution in [2.45, 2.75) is 6.10 Å². The number of piperazine rings is 1. The molecule has 2 aromatic carbocycles. The van der Waals surface area contributed by atoms with Crippen LogP contribution in [0, 0.1) is 0 Å². The van der Waals surface area contributed by atoms with Gasteiger partial charge in [-0.2, -0.15) is 0 Å². The van der Waals surface area contributed by atoms with Gasteiger partial charge in [0.05, 0.1) is 14.2 Å². The van der Waals surface area contributed by atoms with Crippen LogP contribution in [0.1, 0.15) is 0 Å². The lowest BCUT2D eigenvalue weighted by Gasteiger charge is -2.36. The molecule has 1 N–H and O–H groups in total. The number of ether oxygens (including phenoxy) is 3. The number of hydrogen-bond donors (Lipinski definition) is 1. The monoisotopic (exact) mass is 372 g/mol.